The van der Waals surface area contributed by atoms with Gasteiger partial charge >= 0.3 is 0 Å². The van der Waals surface area contributed by atoms with Crippen LogP contribution in [0, 0.1) is 0 Å². The maximum absolute atomic E-state index is 12.0. The van der Waals surface area contributed by atoms with E-state index in [4.69, 9.17) is 5.73 Å². The van der Waals surface area contributed by atoms with E-state index in [-0.39, 0.29) is 10.8 Å². The molecule has 0 radical (unpaired) electrons. The first-order valence-electron chi connectivity index (χ1n) is 6.07. The summed E-state index contributed by atoms with van der Waals surface area (Å²) in [6, 6.07) is 2.99. The van der Waals surface area contributed by atoms with Gasteiger partial charge in [0.1, 0.15) is 0 Å². The molecule has 0 bridgehead atoms. The third-order valence-corrected chi connectivity index (χ3v) is 4.62. The van der Waals surface area contributed by atoms with Crippen molar-refractivity contribution < 1.29 is 13.2 Å². The first kappa shape index (κ1) is 13.8. The second-order valence-corrected chi connectivity index (χ2v) is 6.21. The van der Waals surface area contributed by atoms with Crippen LogP contribution in [-0.4, -0.2) is 27.4 Å². The molecule has 1 amide bonds. The van der Waals surface area contributed by atoms with Gasteiger partial charge in [0.2, 0.25) is 15.9 Å². The van der Waals surface area contributed by atoms with E-state index in [2.05, 4.69) is 4.72 Å². The third-order valence-electron chi connectivity index (χ3n) is 3.09. The molecule has 104 valence electrons. The zero-order valence-corrected chi connectivity index (χ0v) is 11.8. The molecule has 0 saturated carbocycles. The summed E-state index contributed by atoms with van der Waals surface area (Å²) >= 11 is 0. The number of nitrogen functional groups attached to an aromatic ring is 1. The standard InChI is InChI=1S/C12H17N3O3S/c1-3-14-19(17,18)10-6-9-4-5-15(8(2)16)12(9)11(13)7-10/h6-7,14H,3-5,13H2,1-2H3. The molecule has 0 aromatic heterocycles. The smallest absolute Gasteiger partial charge is 0.240 e. The Labute approximate surface area is 112 Å². The van der Waals surface area contributed by atoms with Crippen molar-refractivity contribution in [3.8, 4) is 0 Å². The predicted octanol–water partition coefficient (Wildman–Crippen LogP) is 0.476. The fourth-order valence-electron chi connectivity index (χ4n) is 2.30. The van der Waals surface area contributed by atoms with Crippen molar-refractivity contribution >= 4 is 27.3 Å². The molecule has 0 atom stereocenters. The lowest BCUT2D eigenvalue weighted by atomic mass is 10.1. The minimum absolute atomic E-state index is 0.0901. The zero-order chi connectivity index (χ0) is 14.2. The molecule has 1 aromatic carbocycles. The fourth-order valence-corrected chi connectivity index (χ4v) is 3.42. The molecule has 1 heterocycles. The van der Waals surface area contributed by atoms with Crippen LogP contribution >= 0.6 is 0 Å². The van der Waals surface area contributed by atoms with E-state index in [0.717, 1.165) is 5.56 Å². The molecular weight excluding hydrogens is 266 g/mol. The highest BCUT2D eigenvalue weighted by Gasteiger charge is 2.27. The Morgan fingerprint density at radius 3 is 2.74 bits per heavy atom. The molecule has 1 aromatic rings. The van der Waals surface area contributed by atoms with Gasteiger partial charge in [-0.1, -0.05) is 6.92 Å². The number of carbonyl (C=O) groups excluding carboxylic acids is 1. The second kappa shape index (κ2) is 4.82. The topological polar surface area (TPSA) is 92.5 Å². The SMILES string of the molecule is CCNS(=O)(=O)c1cc(N)c2c(c1)CCN2C(C)=O. The quantitative estimate of drug-likeness (QED) is 0.789. The molecule has 7 heteroatoms. The van der Waals surface area contributed by atoms with Crippen LogP contribution in [0.15, 0.2) is 17.0 Å². The van der Waals surface area contributed by atoms with Crippen LogP contribution in [0.25, 0.3) is 0 Å². The summed E-state index contributed by atoms with van der Waals surface area (Å²) in [5.41, 5.74) is 7.67. The highest BCUT2D eigenvalue weighted by Crippen LogP contribution is 2.36. The number of anilines is 2. The molecular formula is C12H17N3O3S. The van der Waals surface area contributed by atoms with Gasteiger partial charge in [-0.25, -0.2) is 13.1 Å². The van der Waals surface area contributed by atoms with E-state index in [9.17, 15) is 13.2 Å². The summed E-state index contributed by atoms with van der Waals surface area (Å²) in [7, 11) is -3.53. The Morgan fingerprint density at radius 1 is 1.47 bits per heavy atom. The van der Waals surface area contributed by atoms with Crippen molar-refractivity contribution in [2.75, 3.05) is 23.7 Å². The van der Waals surface area contributed by atoms with Gasteiger partial charge in [0, 0.05) is 20.0 Å². The normalized spacial score (nSPS) is 14.5. The number of carbonyl (C=O) groups is 1. The van der Waals surface area contributed by atoms with Gasteiger partial charge in [0.25, 0.3) is 0 Å². The second-order valence-electron chi connectivity index (χ2n) is 4.44. The van der Waals surface area contributed by atoms with E-state index in [1.54, 1.807) is 17.9 Å². The molecule has 0 fully saturated rings. The van der Waals surface area contributed by atoms with Gasteiger partial charge in [-0.15, -0.1) is 0 Å². The number of sulfonamides is 1. The van der Waals surface area contributed by atoms with Crippen molar-refractivity contribution in [1.82, 2.24) is 4.72 Å². The van der Waals surface area contributed by atoms with E-state index in [1.807, 2.05) is 0 Å². The number of nitrogens with one attached hydrogen (secondary N) is 1. The van der Waals surface area contributed by atoms with E-state index >= 15 is 0 Å². The van der Waals surface area contributed by atoms with Gasteiger partial charge in [0.15, 0.2) is 0 Å². The summed E-state index contributed by atoms with van der Waals surface area (Å²) in [4.78, 5) is 13.2. The van der Waals surface area contributed by atoms with Crippen LogP contribution in [0.3, 0.4) is 0 Å². The number of benzene rings is 1. The lowest BCUT2D eigenvalue weighted by Crippen LogP contribution is -2.27. The van der Waals surface area contributed by atoms with Gasteiger partial charge in [0.05, 0.1) is 16.3 Å². The van der Waals surface area contributed by atoms with Crippen molar-refractivity contribution in [2.24, 2.45) is 0 Å². The fraction of sp³-hybridized carbons (Fsp3) is 0.417. The van der Waals surface area contributed by atoms with E-state index in [0.29, 0.717) is 30.9 Å². The van der Waals surface area contributed by atoms with Crippen molar-refractivity contribution in [3.05, 3.63) is 17.7 Å². The molecule has 19 heavy (non-hydrogen) atoms. The summed E-state index contributed by atoms with van der Waals surface area (Å²) in [6.07, 6.45) is 0.620. The molecule has 0 saturated heterocycles. The molecule has 1 aliphatic heterocycles. The Hall–Kier alpha value is -1.60. The maximum Gasteiger partial charge on any atom is 0.240 e. The van der Waals surface area contributed by atoms with Crippen LogP contribution in [-0.2, 0) is 21.2 Å². The number of hydrogen-bond acceptors (Lipinski definition) is 4. The lowest BCUT2D eigenvalue weighted by molar-refractivity contribution is -0.116. The lowest BCUT2D eigenvalue weighted by Gasteiger charge is -2.17. The molecule has 0 aliphatic carbocycles. The summed E-state index contributed by atoms with van der Waals surface area (Å²) in [6.45, 7) is 4.04. The number of fused-ring (bicyclic) bond motifs is 1. The van der Waals surface area contributed by atoms with Gasteiger partial charge < -0.3 is 10.6 Å². The number of rotatable bonds is 3. The predicted molar refractivity (Wildman–Crippen MR) is 73.4 cm³/mol. The third kappa shape index (κ3) is 2.43. The minimum atomic E-state index is -3.53. The summed E-state index contributed by atoms with van der Waals surface area (Å²) in [5, 5.41) is 0. The first-order chi connectivity index (χ1) is 8.86. The van der Waals surface area contributed by atoms with Gasteiger partial charge in [-0.05, 0) is 24.1 Å². The molecule has 0 spiro atoms. The monoisotopic (exact) mass is 283 g/mol. The molecule has 6 nitrogen and oxygen atoms in total. The van der Waals surface area contributed by atoms with Crippen molar-refractivity contribution in [3.63, 3.8) is 0 Å². The highest BCUT2D eigenvalue weighted by atomic mass is 32.2. The van der Waals surface area contributed by atoms with Crippen LogP contribution in [0.4, 0.5) is 11.4 Å². The molecule has 1 aliphatic rings. The number of nitrogens with zero attached hydrogens (tertiary/aromatic N) is 1. The van der Waals surface area contributed by atoms with Crippen LogP contribution in [0.5, 0.6) is 0 Å². The zero-order valence-electron chi connectivity index (χ0n) is 10.9. The summed E-state index contributed by atoms with van der Waals surface area (Å²) < 4.78 is 26.3. The van der Waals surface area contributed by atoms with Crippen LogP contribution in [0.1, 0.15) is 19.4 Å². The number of nitrogens with two attached hydrogens (primary N) is 1. The molecule has 2 rings (SSSR count). The Balaban J connectivity index is 2.51. The Bertz CT molecular complexity index is 625. The Kier molecular flexibility index (Phi) is 3.51. The van der Waals surface area contributed by atoms with E-state index in [1.165, 1.54) is 13.0 Å². The highest BCUT2D eigenvalue weighted by molar-refractivity contribution is 7.89. The van der Waals surface area contributed by atoms with Gasteiger partial charge in [-0.2, -0.15) is 0 Å². The van der Waals surface area contributed by atoms with Crippen molar-refractivity contribution in [2.45, 2.75) is 25.2 Å². The van der Waals surface area contributed by atoms with E-state index < -0.39 is 10.0 Å². The largest absolute Gasteiger partial charge is 0.397 e. The molecule has 0 unspecified atom stereocenters. The van der Waals surface area contributed by atoms with Gasteiger partial charge in [-0.3, -0.25) is 4.79 Å². The van der Waals surface area contributed by atoms with Crippen LogP contribution in [0.2, 0.25) is 0 Å². The molecule has 3 N–H and O–H groups in total. The Morgan fingerprint density at radius 2 is 2.16 bits per heavy atom. The maximum atomic E-state index is 12.0. The van der Waals surface area contributed by atoms with Crippen LogP contribution < -0.4 is 15.4 Å². The number of amides is 1. The average molecular weight is 283 g/mol. The average Bonchev–Trinajstić information content (AvgIpc) is 2.73. The summed E-state index contributed by atoms with van der Waals surface area (Å²) in [5.74, 6) is -0.0901. The first-order valence-corrected chi connectivity index (χ1v) is 7.55. The van der Waals surface area contributed by atoms with Crippen molar-refractivity contribution in [1.29, 1.82) is 0 Å². The minimum Gasteiger partial charge on any atom is -0.397 e. The number of hydrogen-bond donors (Lipinski definition) is 2.